The maximum atomic E-state index is 11.4. The number of ether oxygens (including phenoxy) is 2. The third-order valence-electron chi connectivity index (χ3n) is 3.64. The van der Waals surface area contributed by atoms with E-state index in [-0.39, 0.29) is 11.9 Å². The van der Waals surface area contributed by atoms with Gasteiger partial charge in [-0.1, -0.05) is 43.6 Å². The summed E-state index contributed by atoms with van der Waals surface area (Å²) in [4.78, 5) is 24.5. The van der Waals surface area contributed by atoms with E-state index in [4.69, 9.17) is 9.47 Å². The molecule has 2 aromatic carbocycles. The summed E-state index contributed by atoms with van der Waals surface area (Å²) in [5.41, 5.74) is 1.19. The highest BCUT2D eigenvalue weighted by molar-refractivity contribution is 9.09. The number of thioether (sulfide) groups is 1. The molecule has 0 aliphatic carbocycles. The van der Waals surface area contributed by atoms with Crippen LogP contribution < -0.4 is 0 Å². The van der Waals surface area contributed by atoms with Gasteiger partial charge in [0.05, 0.1) is 24.3 Å². The molecule has 0 fully saturated rings. The Bertz CT molecular complexity index is 791. The van der Waals surface area contributed by atoms with Crippen molar-refractivity contribution < 1.29 is 19.1 Å². The molecule has 0 atom stereocenters. The van der Waals surface area contributed by atoms with Gasteiger partial charge >= 0.3 is 11.9 Å². The molecule has 2 rings (SSSR count). The molecule has 0 N–H and O–H groups in total. The van der Waals surface area contributed by atoms with E-state index in [1.165, 1.54) is 4.90 Å². The molecular weight excluding hydrogens is 520 g/mol. The summed E-state index contributed by atoms with van der Waals surface area (Å²) < 4.78 is 9.72. The lowest BCUT2D eigenvalue weighted by Crippen LogP contribution is -2.04. The zero-order valence-corrected chi connectivity index (χ0v) is 23.8. The molecule has 0 saturated heterocycles. The van der Waals surface area contributed by atoms with Gasteiger partial charge in [0.15, 0.2) is 0 Å². The first-order valence-corrected chi connectivity index (χ1v) is 13.6. The Labute approximate surface area is 217 Å². The monoisotopic (exact) mass is 556 g/mol. The smallest absolute Gasteiger partial charge is 0.338 e. The molecule has 0 aliphatic heterocycles. The van der Waals surface area contributed by atoms with Crippen molar-refractivity contribution in [3.05, 3.63) is 59.7 Å². The maximum absolute atomic E-state index is 11.4. The van der Waals surface area contributed by atoms with Crippen molar-refractivity contribution in [2.75, 3.05) is 24.3 Å². The second kappa shape index (κ2) is 18.9. The highest BCUT2D eigenvalue weighted by Crippen LogP contribution is 2.21. The summed E-state index contributed by atoms with van der Waals surface area (Å²) in [6, 6.07) is 14.5. The van der Waals surface area contributed by atoms with Crippen molar-refractivity contribution in [1.29, 1.82) is 0 Å². The molecule has 0 aromatic heterocycles. The SMILES string of the molecule is CC(C)CBr.CCOC(=O)c1ccc(S)cc1.CCOC(=O)c1ccc(SCC(C)C)cc1. The molecule has 0 saturated carbocycles. The minimum absolute atomic E-state index is 0.247. The van der Waals surface area contributed by atoms with Crippen molar-refractivity contribution in [2.45, 2.75) is 51.3 Å². The topological polar surface area (TPSA) is 52.6 Å². The number of thiol groups is 1. The number of carbonyl (C=O) groups is 2. The first-order chi connectivity index (χ1) is 15.6. The van der Waals surface area contributed by atoms with Crippen molar-refractivity contribution >= 4 is 52.3 Å². The molecule has 0 unspecified atom stereocenters. The van der Waals surface area contributed by atoms with E-state index in [9.17, 15) is 9.59 Å². The Morgan fingerprint density at radius 3 is 1.55 bits per heavy atom. The van der Waals surface area contributed by atoms with Crippen LogP contribution >= 0.6 is 40.3 Å². The zero-order valence-electron chi connectivity index (χ0n) is 20.5. The first-order valence-electron chi connectivity index (χ1n) is 11.1. The lowest BCUT2D eigenvalue weighted by atomic mass is 10.2. The molecule has 0 heterocycles. The van der Waals surface area contributed by atoms with Gasteiger partial charge in [-0.15, -0.1) is 24.4 Å². The fourth-order valence-electron chi connectivity index (χ4n) is 1.98. The quantitative estimate of drug-likeness (QED) is 0.155. The van der Waals surface area contributed by atoms with Gasteiger partial charge in [-0.3, -0.25) is 0 Å². The summed E-state index contributed by atoms with van der Waals surface area (Å²) in [5, 5.41) is 1.12. The molecule has 184 valence electrons. The number of carbonyl (C=O) groups excluding carboxylic acids is 2. The molecule has 0 aliphatic rings. The van der Waals surface area contributed by atoms with Crippen LogP contribution in [0.5, 0.6) is 0 Å². The van der Waals surface area contributed by atoms with Gasteiger partial charge in [0.2, 0.25) is 0 Å². The molecule has 0 amide bonds. The third kappa shape index (κ3) is 15.9. The number of esters is 2. The van der Waals surface area contributed by atoms with E-state index in [0.717, 1.165) is 21.9 Å². The highest BCUT2D eigenvalue weighted by atomic mass is 79.9. The summed E-state index contributed by atoms with van der Waals surface area (Å²) in [6.45, 7) is 13.2. The lowest BCUT2D eigenvalue weighted by molar-refractivity contribution is 0.0516. The Balaban J connectivity index is 0.000000530. The van der Waals surface area contributed by atoms with Gasteiger partial charge in [0.1, 0.15) is 0 Å². The molecular formula is C26H37BrO4S2. The maximum Gasteiger partial charge on any atom is 0.338 e. The fraction of sp³-hybridized carbons (Fsp3) is 0.462. The third-order valence-corrected chi connectivity index (χ3v) is 6.67. The van der Waals surface area contributed by atoms with Crippen molar-refractivity contribution in [3.63, 3.8) is 0 Å². The van der Waals surface area contributed by atoms with E-state index < -0.39 is 0 Å². The summed E-state index contributed by atoms with van der Waals surface area (Å²) in [5.74, 6) is 2.04. The Hall–Kier alpha value is -1.44. The number of rotatable bonds is 8. The van der Waals surface area contributed by atoms with Crippen LogP contribution in [0, 0.1) is 11.8 Å². The van der Waals surface area contributed by atoms with E-state index in [0.29, 0.717) is 30.3 Å². The van der Waals surface area contributed by atoms with Crippen molar-refractivity contribution in [2.24, 2.45) is 11.8 Å². The number of hydrogen-bond acceptors (Lipinski definition) is 6. The number of halogens is 1. The lowest BCUT2D eigenvalue weighted by Gasteiger charge is -2.05. The number of benzene rings is 2. The van der Waals surface area contributed by atoms with Crippen LogP contribution in [0.1, 0.15) is 62.3 Å². The highest BCUT2D eigenvalue weighted by Gasteiger charge is 2.06. The molecule has 0 spiro atoms. The molecule has 0 bridgehead atoms. The van der Waals surface area contributed by atoms with Crippen molar-refractivity contribution in [1.82, 2.24) is 0 Å². The van der Waals surface area contributed by atoms with Crippen LogP contribution in [-0.2, 0) is 9.47 Å². The predicted molar refractivity (Wildman–Crippen MR) is 146 cm³/mol. The van der Waals surface area contributed by atoms with Crippen LogP contribution in [0.25, 0.3) is 0 Å². The summed E-state index contributed by atoms with van der Waals surface area (Å²) >= 11 is 9.22. The van der Waals surface area contributed by atoms with Crippen LogP contribution in [0.15, 0.2) is 58.3 Å². The van der Waals surface area contributed by atoms with Gasteiger partial charge in [-0.25, -0.2) is 9.59 Å². The largest absolute Gasteiger partial charge is 0.462 e. The van der Waals surface area contributed by atoms with E-state index in [1.807, 2.05) is 43.0 Å². The number of alkyl halides is 1. The van der Waals surface area contributed by atoms with Crippen molar-refractivity contribution in [3.8, 4) is 0 Å². The van der Waals surface area contributed by atoms with Crippen LogP contribution in [0.3, 0.4) is 0 Å². The van der Waals surface area contributed by atoms with E-state index >= 15 is 0 Å². The average Bonchev–Trinajstić information content (AvgIpc) is 2.79. The molecule has 7 heteroatoms. The zero-order chi connectivity index (χ0) is 25.2. The van der Waals surface area contributed by atoms with Gasteiger partial charge < -0.3 is 9.47 Å². The van der Waals surface area contributed by atoms with E-state index in [1.54, 1.807) is 31.2 Å². The summed E-state index contributed by atoms with van der Waals surface area (Å²) in [7, 11) is 0. The summed E-state index contributed by atoms with van der Waals surface area (Å²) in [6.07, 6.45) is 0. The average molecular weight is 558 g/mol. The minimum atomic E-state index is -0.286. The normalized spacial score (nSPS) is 10.0. The molecule has 0 radical (unpaired) electrons. The Kier molecular flexibility index (Phi) is 18.1. The van der Waals surface area contributed by atoms with Gasteiger partial charge in [0.25, 0.3) is 0 Å². The van der Waals surface area contributed by atoms with Crippen LogP contribution in [0.4, 0.5) is 0 Å². The fourth-order valence-corrected chi connectivity index (χ4v) is 2.98. The predicted octanol–water partition coefficient (Wildman–Crippen LogP) is 7.80. The van der Waals surface area contributed by atoms with E-state index in [2.05, 4.69) is 56.3 Å². The van der Waals surface area contributed by atoms with Crippen LogP contribution in [0.2, 0.25) is 0 Å². The molecule has 33 heavy (non-hydrogen) atoms. The standard InChI is InChI=1S/C13H18O2S.C9H10O2S.C4H9Br/c1-4-15-13(14)11-5-7-12(8-6-11)16-9-10(2)3;1-2-11-9(10)7-3-5-8(12)6-4-7;1-4(2)3-5/h5-8,10H,4,9H2,1-3H3;3-6,12H,2H2,1H3;4H,3H2,1-2H3. The second-order valence-corrected chi connectivity index (χ2v) is 10.0. The van der Waals surface area contributed by atoms with Crippen LogP contribution in [-0.4, -0.2) is 36.2 Å². The van der Waals surface area contributed by atoms with Gasteiger partial charge in [-0.05, 0) is 74.2 Å². The minimum Gasteiger partial charge on any atom is -0.462 e. The second-order valence-electron chi connectivity index (χ2n) is 7.77. The Morgan fingerprint density at radius 1 is 0.818 bits per heavy atom. The number of hydrogen-bond donors (Lipinski definition) is 1. The molecule has 2 aromatic rings. The molecule has 4 nitrogen and oxygen atoms in total. The van der Waals surface area contributed by atoms with Gasteiger partial charge in [-0.2, -0.15) is 0 Å². The Morgan fingerprint density at radius 2 is 1.21 bits per heavy atom. The first kappa shape index (κ1) is 31.6. The van der Waals surface area contributed by atoms with Gasteiger partial charge in [0, 0.05) is 20.9 Å².